The summed E-state index contributed by atoms with van der Waals surface area (Å²) in [6, 6.07) is 0. The fraction of sp³-hybridized carbons (Fsp3) is 0. The van der Waals surface area contributed by atoms with Crippen LogP contribution >= 0.6 is 0 Å². The van der Waals surface area contributed by atoms with Gasteiger partial charge in [-0.1, -0.05) is 0 Å². The maximum absolute atomic E-state index is 8.64. The van der Waals surface area contributed by atoms with Gasteiger partial charge in [-0.2, -0.15) is 0 Å². The minimum Gasteiger partial charge on any atom is -0.871 e. The van der Waals surface area contributed by atoms with Crippen LogP contribution in [0, 0.1) is 0 Å². The number of rotatable bonds is 0. The Morgan fingerprint density at radius 2 is 0.600 bits per heavy atom. The molecule has 295 valence electrons. The Morgan fingerprint density at radius 1 is 0.491 bits per heavy atom. The Morgan fingerprint density at radius 3 is 0.691 bits per heavy atom. The van der Waals surface area contributed by atoms with E-state index in [1.165, 1.54) is 0 Å². The van der Waals surface area contributed by atoms with Gasteiger partial charge in [0, 0.05) is 0 Å². The van der Waals surface area contributed by atoms with Gasteiger partial charge in [0.1, 0.15) is 0 Å². The Hall–Kier alpha value is 3.99. The molecule has 2 aliphatic rings. The molecule has 0 aromatic rings. The van der Waals surface area contributed by atoms with Crippen molar-refractivity contribution in [3.63, 3.8) is 0 Å². The van der Waals surface area contributed by atoms with Crippen LogP contribution in [0.15, 0.2) is 0 Å². The van der Waals surface area contributed by atoms with Crippen molar-refractivity contribution in [2.75, 3.05) is 0 Å². The van der Waals surface area contributed by atoms with E-state index in [2.05, 4.69) is 7.72 Å². The molecule has 2 fully saturated rings. The fourth-order valence-electron chi connectivity index (χ4n) is 0.713. The molecule has 0 aromatic heterocycles. The van der Waals surface area contributed by atoms with Crippen molar-refractivity contribution >= 4 is 104 Å². The molecule has 2 saturated heterocycles. The van der Waals surface area contributed by atoms with E-state index in [1.807, 2.05) is 0 Å². The molecule has 0 spiro atoms. The van der Waals surface area contributed by atoms with Gasteiger partial charge >= 0.3 is 238 Å². The summed E-state index contributed by atoms with van der Waals surface area (Å²) in [6.07, 6.45) is 0. The molecule has 0 amide bonds. The normalized spacial score (nSPS) is 8.36. The summed E-state index contributed by atoms with van der Waals surface area (Å²) in [7, 11) is -17.0. The molecule has 26 N–H and O–H groups in total. The number of fused-ring (bicyclic) bond motifs is 2. The van der Waals surface area contributed by atoms with Crippen LogP contribution in [0.1, 0.15) is 0 Å². The van der Waals surface area contributed by atoms with Crippen LogP contribution in [0.2, 0.25) is 0 Å². The van der Waals surface area contributed by atoms with Gasteiger partial charge in [-0.3, -0.25) is 7.72 Å². The third kappa shape index (κ3) is 455. The molecule has 36 nitrogen and oxygen atoms in total. The Labute approximate surface area is 426 Å². The fourth-order valence-corrected chi connectivity index (χ4v) is 0.713. The molecule has 55 heteroatoms. The van der Waals surface area contributed by atoms with Crippen molar-refractivity contribution in [2.45, 2.75) is 0 Å². The molecule has 0 aliphatic carbocycles. The van der Waals surface area contributed by atoms with Gasteiger partial charge in [0.2, 0.25) is 0 Å². The quantitative estimate of drug-likeness (QED) is 0.100. The first kappa shape index (κ1) is 118. The average molecular weight is 871 g/mol. The minimum absolute atomic E-state index is 0. The summed E-state index contributed by atoms with van der Waals surface area (Å²) < 4.78 is 40.2. The van der Waals surface area contributed by atoms with Crippen molar-refractivity contribution in [1.29, 1.82) is 0 Å². The summed E-state index contributed by atoms with van der Waals surface area (Å²) in [5.74, 6) is 0. The number of hydrogen-bond acceptors (Lipinski definition) is 31. The van der Waals surface area contributed by atoms with E-state index in [9.17, 15) is 0 Å². The topological polar surface area (TPSA) is 732 Å². The van der Waals surface area contributed by atoms with Gasteiger partial charge in [0.25, 0.3) is 0 Å². The van der Waals surface area contributed by atoms with Gasteiger partial charge in [0.15, 0.2) is 7.69 Å². The van der Waals surface area contributed by atoms with Crippen LogP contribution in [0.5, 0.6) is 0 Å². The van der Waals surface area contributed by atoms with Gasteiger partial charge in [-0.25, -0.2) is 0 Å². The summed E-state index contributed by atoms with van der Waals surface area (Å²) in [4.78, 5) is 0. The Bertz CT molecular complexity index is 374. The summed E-state index contributed by atoms with van der Waals surface area (Å²) in [6.45, 7) is 0. The zero-order valence-corrected chi connectivity index (χ0v) is 39.3. The second kappa shape index (κ2) is 107. The maximum Gasteiger partial charge on any atom is 1.00 e. The molecule has 2 heterocycles. The van der Waals surface area contributed by atoms with Crippen LogP contribution in [-0.2, 0) is 32.3 Å². The molecule has 3 radical (unpaired) electrons. The third-order valence-electron chi connectivity index (χ3n) is 1.13. The molecular formula is H28B14Na5O36-4. The number of hydrogen-bond donors (Lipinski definition) is 18. The Kier molecular flexibility index (Phi) is 229. The first-order valence-corrected chi connectivity index (χ1v) is 9.47. The summed E-state index contributed by atoms with van der Waals surface area (Å²) in [5, 5.41) is 188. The zero-order chi connectivity index (χ0) is 39.4. The summed E-state index contributed by atoms with van der Waals surface area (Å²) in [5.41, 5.74) is 0. The van der Waals surface area contributed by atoms with Crippen LogP contribution < -0.4 is 183 Å². The second-order valence-corrected chi connectivity index (χ2v) is 4.46. The van der Waals surface area contributed by atoms with Gasteiger partial charge in [-0.05, 0) is 0 Å². The summed E-state index contributed by atoms with van der Waals surface area (Å²) >= 11 is 0. The van der Waals surface area contributed by atoms with Crippen LogP contribution in [-0.4, -0.2) is 216 Å². The van der Waals surface area contributed by atoms with Crippen LogP contribution in [0.4, 0.5) is 0 Å². The van der Waals surface area contributed by atoms with E-state index in [0.29, 0.717) is 0 Å². The van der Waals surface area contributed by atoms with Crippen molar-refractivity contribution in [1.82, 2.24) is 0 Å². The predicted molar refractivity (Wildman–Crippen MR) is 145 cm³/mol. The third-order valence-corrected chi connectivity index (χ3v) is 1.13. The first-order valence-electron chi connectivity index (χ1n) is 9.47. The molecular weight excluding hydrogens is 842 g/mol. The molecule has 0 saturated carbocycles. The SMILES string of the molecule is O.O.O.O.O=BO.OB(O)O.OB(O)O.[B-]=O.[B]1OB2O[BH2-]OB(O1)O2.[Na+].[Na+].[Na+].[Na+].[Na+].[O-]B(O)O.[O-]B(O)O.[O-]B(O)O.[O-]B(O)O.[O-]B(O)O.[O-]B([O-])O. The van der Waals surface area contributed by atoms with Crippen molar-refractivity contribution in [2.24, 2.45) is 0 Å². The molecule has 55 heavy (non-hydrogen) atoms. The van der Waals surface area contributed by atoms with E-state index in [4.69, 9.17) is 158 Å². The standard InChI is InChI=1S/B4H2O5.2BH3O3.5BH2O3.BHO3.BHO2.BO.5Na.4H2O/c1-5-3-7-2-8-4(6-1)9-3;8*2-1(3)4;2-1-3;1-2;;;;;;;;;/h1H2;2*2-4H;5*2-3H;2H;2H;;;;;;;4*1H2/q-1;;;5*-1;-2;;-1;5*+1;;;;. The second-order valence-electron chi connectivity index (χ2n) is 4.46. The molecule has 2 rings (SSSR count). The molecule has 2 aliphatic heterocycles. The van der Waals surface area contributed by atoms with Crippen molar-refractivity contribution in [3.8, 4) is 0 Å². The maximum atomic E-state index is 8.64. The smallest absolute Gasteiger partial charge is 0.871 e. The molecule has 0 atom stereocenters. The molecule has 0 aromatic carbocycles. The van der Waals surface area contributed by atoms with Gasteiger partial charge < -0.3 is 170 Å². The largest absolute Gasteiger partial charge is 1.00 e. The van der Waals surface area contributed by atoms with Crippen LogP contribution in [0.3, 0.4) is 0 Å². The van der Waals surface area contributed by atoms with Crippen molar-refractivity contribution < 1.29 is 328 Å². The zero-order valence-electron chi connectivity index (χ0n) is 29.3. The van der Waals surface area contributed by atoms with E-state index < -0.39 is 80.9 Å². The van der Waals surface area contributed by atoms with E-state index in [-0.39, 0.29) is 177 Å². The minimum atomic E-state index is -2.67. The average Bonchev–Trinajstić information content (AvgIpc) is 2.78. The Balaban J connectivity index is -0.0000000172. The van der Waals surface area contributed by atoms with E-state index in [0.717, 1.165) is 7.69 Å². The predicted octanol–water partition coefficient (Wildman–Crippen LogP) is -43.1. The monoisotopic (exact) mass is 873 g/mol. The molecule has 2 bridgehead atoms. The van der Waals surface area contributed by atoms with Crippen molar-refractivity contribution in [3.05, 3.63) is 0 Å². The van der Waals surface area contributed by atoms with E-state index in [1.54, 1.807) is 0 Å². The van der Waals surface area contributed by atoms with Gasteiger partial charge in [0.05, 0.1) is 7.32 Å². The first-order chi connectivity index (χ1) is 20.7. The molecule has 0 unspecified atom stereocenters. The van der Waals surface area contributed by atoms with E-state index >= 15 is 0 Å². The van der Waals surface area contributed by atoms with Gasteiger partial charge in [-0.15, -0.1) is 0 Å². The van der Waals surface area contributed by atoms with Crippen LogP contribution in [0.25, 0.3) is 0 Å².